The Labute approximate surface area is 122 Å². The predicted molar refractivity (Wildman–Crippen MR) is 78.8 cm³/mol. The molecule has 2 rings (SSSR count). The maximum Gasteiger partial charge on any atom is 0.279 e. The standard InChI is InChI=1S/C13H27N3O3S/c1-13-5-2-3-8-16(13)20(17,18)14-6-4-7-15-9-11-19-12-10-15/h13-14H,2-12H2,1H3/t13-/m1/s1. The molecule has 0 saturated carbocycles. The van der Waals surface area contributed by atoms with Crippen LogP contribution >= 0.6 is 0 Å². The molecule has 2 aliphatic rings. The van der Waals surface area contributed by atoms with Crippen molar-refractivity contribution in [2.45, 2.75) is 38.6 Å². The Kier molecular flexibility index (Phi) is 6.22. The maximum atomic E-state index is 12.2. The van der Waals surface area contributed by atoms with E-state index in [2.05, 4.69) is 9.62 Å². The zero-order valence-corrected chi connectivity index (χ0v) is 13.2. The first-order valence-electron chi connectivity index (χ1n) is 7.66. The molecule has 2 saturated heterocycles. The van der Waals surface area contributed by atoms with Crippen LogP contribution in [-0.2, 0) is 14.9 Å². The van der Waals surface area contributed by atoms with E-state index >= 15 is 0 Å². The van der Waals surface area contributed by atoms with Gasteiger partial charge in [0.2, 0.25) is 0 Å². The average molecular weight is 305 g/mol. The van der Waals surface area contributed by atoms with Gasteiger partial charge < -0.3 is 4.74 Å². The van der Waals surface area contributed by atoms with Crippen LogP contribution in [0.15, 0.2) is 0 Å². The lowest BCUT2D eigenvalue weighted by Crippen LogP contribution is -2.48. The third-order valence-corrected chi connectivity index (χ3v) is 5.82. The summed E-state index contributed by atoms with van der Waals surface area (Å²) in [5.74, 6) is 0. The van der Waals surface area contributed by atoms with Gasteiger partial charge in [-0.3, -0.25) is 4.90 Å². The number of piperidine rings is 1. The number of hydrogen-bond donors (Lipinski definition) is 1. The summed E-state index contributed by atoms with van der Waals surface area (Å²) in [6, 6.07) is 0.125. The van der Waals surface area contributed by atoms with Crippen molar-refractivity contribution in [3.63, 3.8) is 0 Å². The molecule has 1 N–H and O–H groups in total. The summed E-state index contributed by atoms with van der Waals surface area (Å²) in [6.45, 7) is 7.58. The van der Waals surface area contributed by atoms with Gasteiger partial charge in [0.1, 0.15) is 0 Å². The molecule has 0 aliphatic carbocycles. The van der Waals surface area contributed by atoms with Crippen LogP contribution in [0.3, 0.4) is 0 Å². The summed E-state index contributed by atoms with van der Waals surface area (Å²) < 4.78 is 34.1. The van der Waals surface area contributed by atoms with E-state index in [0.29, 0.717) is 13.1 Å². The molecule has 0 aromatic heterocycles. The minimum atomic E-state index is -3.30. The first-order chi connectivity index (χ1) is 9.59. The van der Waals surface area contributed by atoms with Crippen molar-refractivity contribution in [2.75, 3.05) is 45.9 Å². The van der Waals surface area contributed by atoms with E-state index in [1.54, 1.807) is 4.31 Å². The molecular formula is C13H27N3O3S. The lowest BCUT2D eigenvalue weighted by Gasteiger charge is -2.32. The van der Waals surface area contributed by atoms with E-state index < -0.39 is 10.2 Å². The van der Waals surface area contributed by atoms with Gasteiger partial charge in [0.05, 0.1) is 13.2 Å². The van der Waals surface area contributed by atoms with Crippen molar-refractivity contribution in [2.24, 2.45) is 0 Å². The highest BCUT2D eigenvalue weighted by Crippen LogP contribution is 2.18. The van der Waals surface area contributed by atoms with Crippen molar-refractivity contribution < 1.29 is 13.2 Å². The SMILES string of the molecule is C[C@@H]1CCCCN1S(=O)(=O)NCCCN1CCOCC1. The van der Waals surface area contributed by atoms with Crippen LogP contribution in [-0.4, -0.2) is 69.6 Å². The number of hydrogen-bond acceptors (Lipinski definition) is 4. The Morgan fingerprint density at radius 1 is 1.20 bits per heavy atom. The number of morpholine rings is 1. The first-order valence-corrected chi connectivity index (χ1v) is 9.10. The quantitative estimate of drug-likeness (QED) is 0.722. The highest BCUT2D eigenvalue weighted by Gasteiger charge is 2.28. The summed E-state index contributed by atoms with van der Waals surface area (Å²) >= 11 is 0. The fraction of sp³-hybridized carbons (Fsp3) is 1.00. The molecule has 0 unspecified atom stereocenters. The molecule has 2 fully saturated rings. The highest BCUT2D eigenvalue weighted by atomic mass is 32.2. The van der Waals surface area contributed by atoms with Gasteiger partial charge in [-0.25, -0.2) is 4.72 Å². The van der Waals surface area contributed by atoms with Crippen molar-refractivity contribution in [1.82, 2.24) is 13.9 Å². The molecular weight excluding hydrogens is 278 g/mol. The summed E-state index contributed by atoms with van der Waals surface area (Å²) in [5.41, 5.74) is 0. The van der Waals surface area contributed by atoms with E-state index in [1.165, 1.54) is 0 Å². The Hall–Kier alpha value is -0.210. The second-order valence-corrected chi connectivity index (χ2v) is 7.37. The van der Waals surface area contributed by atoms with Crippen molar-refractivity contribution >= 4 is 10.2 Å². The minimum Gasteiger partial charge on any atom is -0.379 e. The van der Waals surface area contributed by atoms with Crippen LogP contribution < -0.4 is 4.72 Å². The molecule has 2 heterocycles. The fourth-order valence-corrected chi connectivity index (χ4v) is 4.36. The van der Waals surface area contributed by atoms with Gasteiger partial charge in [-0.2, -0.15) is 12.7 Å². The van der Waals surface area contributed by atoms with E-state index in [9.17, 15) is 8.42 Å². The Morgan fingerprint density at radius 2 is 1.95 bits per heavy atom. The summed E-state index contributed by atoms with van der Waals surface area (Å²) in [7, 11) is -3.30. The van der Waals surface area contributed by atoms with Crippen LogP contribution in [0.4, 0.5) is 0 Å². The Morgan fingerprint density at radius 3 is 2.65 bits per heavy atom. The van der Waals surface area contributed by atoms with E-state index in [4.69, 9.17) is 4.74 Å². The molecule has 0 spiro atoms. The molecule has 0 radical (unpaired) electrons. The molecule has 0 bridgehead atoms. The molecule has 118 valence electrons. The monoisotopic (exact) mass is 305 g/mol. The molecule has 20 heavy (non-hydrogen) atoms. The van der Waals surface area contributed by atoms with Gasteiger partial charge >= 0.3 is 0 Å². The number of nitrogens with one attached hydrogen (secondary N) is 1. The molecule has 6 nitrogen and oxygen atoms in total. The topological polar surface area (TPSA) is 61.9 Å². The summed E-state index contributed by atoms with van der Waals surface area (Å²) in [4.78, 5) is 2.32. The third-order valence-electron chi connectivity index (χ3n) is 4.09. The van der Waals surface area contributed by atoms with Gasteiger partial charge in [0, 0.05) is 32.2 Å². The molecule has 0 aromatic rings. The zero-order chi connectivity index (χ0) is 14.4. The fourth-order valence-electron chi connectivity index (χ4n) is 2.84. The van der Waals surface area contributed by atoms with Crippen LogP contribution in [0.5, 0.6) is 0 Å². The van der Waals surface area contributed by atoms with Crippen molar-refractivity contribution in [1.29, 1.82) is 0 Å². The molecule has 1 atom stereocenters. The molecule has 0 aromatic carbocycles. The summed E-state index contributed by atoms with van der Waals surface area (Å²) in [6.07, 6.45) is 3.92. The molecule has 0 amide bonds. The number of ether oxygens (including phenoxy) is 1. The normalized spacial score (nSPS) is 26.8. The van der Waals surface area contributed by atoms with E-state index in [0.717, 1.165) is 58.5 Å². The maximum absolute atomic E-state index is 12.2. The molecule has 7 heteroatoms. The van der Waals surface area contributed by atoms with Gasteiger partial charge in [-0.1, -0.05) is 6.42 Å². The van der Waals surface area contributed by atoms with E-state index in [-0.39, 0.29) is 6.04 Å². The Balaban J connectivity index is 1.69. The van der Waals surface area contributed by atoms with Gasteiger partial charge in [0.25, 0.3) is 10.2 Å². The van der Waals surface area contributed by atoms with Gasteiger partial charge in [0.15, 0.2) is 0 Å². The van der Waals surface area contributed by atoms with Crippen molar-refractivity contribution in [3.8, 4) is 0 Å². The zero-order valence-electron chi connectivity index (χ0n) is 12.4. The number of rotatable bonds is 6. The third kappa shape index (κ3) is 4.66. The lowest BCUT2D eigenvalue weighted by atomic mass is 10.1. The van der Waals surface area contributed by atoms with Crippen LogP contribution in [0, 0.1) is 0 Å². The van der Waals surface area contributed by atoms with Crippen LogP contribution in [0.1, 0.15) is 32.6 Å². The largest absolute Gasteiger partial charge is 0.379 e. The molecule has 2 aliphatic heterocycles. The predicted octanol–water partition coefficient (Wildman–Crippen LogP) is 0.418. The number of nitrogens with zero attached hydrogens (tertiary/aromatic N) is 2. The van der Waals surface area contributed by atoms with Crippen LogP contribution in [0.25, 0.3) is 0 Å². The Bertz CT molecular complexity index is 382. The average Bonchev–Trinajstić information content (AvgIpc) is 2.45. The second-order valence-electron chi connectivity index (χ2n) is 5.66. The highest BCUT2D eigenvalue weighted by molar-refractivity contribution is 7.87. The van der Waals surface area contributed by atoms with Crippen LogP contribution in [0.2, 0.25) is 0 Å². The minimum absolute atomic E-state index is 0.125. The second kappa shape index (κ2) is 7.70. The van der Waals surface area contributed by atoms with Crippen molar-refractivity contribution in [3.05, 3.63) is 0 Å². The van der Waals surface area contributed by atoms with E-state index in [1.807, 2.05) is 6.92 Å². The summed E-state index contributed by atoms with van der Waals surface area (Å²) in [5, 5.41) is 0. The van der Waals surface area contributed by atoms with Gasteiger partial charge in [-0.05, 0) is 32.7 Å². The smallest absolute Gasteiger partial charge is 0.279 e. The first kappa shape index (κ1) is 16.2. The van der Waals surface area contributed by atoms with Gasteiger partial charge in [-0.15, -0.1) is 0 Å². The lowest BCUT2D eigenvalue weighted by molar-refractivity contribution is 0.0376.